The molecule has 0 aromatic rings. The van der Waals surface area contributed by atoms with Crippen LogP contribution in [-0.2, 0) is 0 Å². The highest BCUT2D eigenvalue weighted by atomic mass is 14.0. The van der Waals surface area contributed by atoms with Crippen LogP contribution in [0.4, 0.5) is 0 Å². The molecule has 0 amide bonds. The molecule has 0 aliphatic rings. The van der Waals surface area contributed by atoms with E-state index in [1.165, 1.54) is 70.6 Å². The van der Waals surface area contributed by atoms with Gasteiger partial charge in [-0.2, -0.15) is 0 Å². The summed E-state index contributed by atoms with van der Waals surface area (Å²) < 4.78 is 0. The number of allylic oxidation sites excluding steroid dienone is 4. The molecular weight excluding hydrogens is 228 g/mol. The lowest BCUT2D eigenvalue weighted by molar-refractivity contribution is 0.557. The van der Waals surface area contributed by atoms with E-state index >= 15 is 0 Å². The van der Waals surface area contributed by atoms with E-state index in [2.05, 4.69) is 38.2 Å². The van der Waals surface area contributed by atoms with Crippen molar-refractivity contribution in [2.75, 3.05) is 0 Å². The number of rotatable bonds is 14. The zero-order valence-corrected chi connectivity index (χ0v) is 13.2. The van der Waals surface area contributed by atoms with Crippen LogP contribution in [0.5, 0.6) is 0 Å². The SMILES string of the molecule is [CH2]CC=CCC=CCCCCCCCCCCCC. The summed E-state index contributed by atoms with van der Waals surface area (Å²) >= 11 is 0. The van der Waals surface area contributed by atoms with Crippen molar-refractivity contribution in [3.63, 3.8) is 0 Å². The van der Waals surface area contributed by atoms with E-state index in [0.29, 0.717) is 0 Å². The van der Waals surface area contributed by atoms with E-state index in [1.807, 2.05) is 0 Å². The molecule has 0 spiro atoms. The Kier molecular flexibility index (Phi) is 17.0. The maximum absolute atomic E-state index is 3.78. The third kappa shape index (κ3) is 17.5. The summed E-state index contributed by atoms with van der Waals surface area (Å²) in [5.74, 6) is 0. The van der Waals surface area contributed by atoms with E-state index in [9.17, 15) is 0 Å². The van der Waals surface area contributed by atoms with Gasteiger partial charge >= 0.3 is 0 Å². The minimum absolute atomic E-state index is 0.909. The molecule has 0 fully saturated rings. The third-order valence-electron chi connectivity index (χ3n) is 3.50. The fourth-order valence-corrected chi connectivity index (χ4v) is 2.26. The molecule has 0 saturated heterocycles. The number of hydrogen-bond donors (Lipinski definition) is 0. The van der Waals surface area contributed by atoms with E-state index < -0.39 is 0 Å². The minimum atomic E-state index is 0.909. The predicted molar refractivity (Wildman–Crippen MR) is 89.3 cm³/mol. The molecule has 0 aliphatic heterocycles. The molecule has 0 bridgehead atoms. The van der Waals surface area contributed by atoms with Gasteiger partial charge in [-0.1, -0.05) is 89.0 Å². The Balaban J connectivity index is 3.04. The standard InChI is InChI=1S/C19H35/c1-3-5-7-9-11-13-15-17-19-18-16-14-12-10-8-6-4-2/h5,7,11,13H,1,3-4,6,8-10,12,14-19H2,2H3. The average Bonchev–Trinajstić information content (AvgIpc) is 2.43. The van der Waals surface area contributed by atoms with Crippen molar-refractivity contribution in [1.29, 1.82) is 0 Å². The molecule has 1 radical (unpaired) electrons. The van der Waals surface area contributed by atoms with Gasteiger partial charge < -0.3 is 0 Å². The quantitative estimate of drug-likeness (QED) is 0.233. The molecule has 0 aromatic heterocycles. The summed E-state index contributed by atoms with van der Waals surface area (Å²) in [6.45, 7) is 6.06. The van der Waals surface area contributed by atoms with Gasteiger partial charge in [-0.05, 0) is 32.6 Å². The molecule has 0 unspecified atom stereocenters. The molecule has 0 heterocycles. The third-order valence-corrected chi connectivity index (χ3v) is 3.50. The number of hydrogen-bond acceptors (Lipinski definition) is 0. The van der Waals surface area contributed by atoms with Gasteiger partial charge in [0.05, 0.1) is 0 Å². The first-order valence-electron chi connectivity index (χ1n) is 8.51. The predicted octanol–water partition coefficient (Wildman–Crippen LogP) is 7.02. The molecule has 0 atom stereocenters. The largest absolute Gasteiger partial charge is 0.0882 e. The van der Waals surface area contributed by atoms with Crippen LogP contribution in [0.2, 0.25) is 0 Å². The smallest absolute Gasteiger partial charge is 0.0169 e. The highest BCUT2D eigenvalue weighted by Gasteiger charge is 1.91. The Morgan fingerprint density at radius 2 is 1.16 bits per heavy atom. The molecule has 0 aromatic carbocycles. The second kappa shape index (κ2) is 17.5. The van der Waals surface area contributed by atoms with Gasteiger partial charge in [0, 0.05) is 0 Å². The molecule has 0 heteroatoms. The highest BCUT2D eigenvalue weighted by molar-refractivity contribution is 4.92. The molecule has 0 nitrogen and oxygen atoms in total. The molecule has 0 N–H and O–H groups in total. The lowest BCUT2D eigenvalue weighted by atomic mass is 10.1. The Morgan fingerprint density at radius 3 is 1.74 bits per heavy atom. The summed E-state index contributed by atoms with van der Waals surface area (Å²) in [5.41, 5.74) is 0. The Hall–Kier alpha value is -0.520. The minimum Gasteiger partial charge on any atom is -0.0882 e. The van der Waals surface area contributed by atoms with E-state index in [0.717, 1.165) is 12.8 Å². The van der Waals surface area contributed by atoms with Crippen LogP contribution in [0.3, 0.4) is 0 Å². The topological polar surface area (TPSA) is 0 Å². The van der Waals surface area contributed by atoms with Gasteiger partial charge in [-0.15, -0.1) is 0 Å². The van der Waals surface area contributed by atoms with Crippen LogP contribution >= 0.6 is 0 Å². The lowest BCUT2D eigenvalue weighted by Gasteiger charge is -2.01. The first kappa shape index (κ1) is 18.5. The van der Waals surface area contributed by atoms with Crippen molar-refractivity contribution in [1.82, 2.24) is 0 Å². The van der Waals surface area contributed by atoms with E-state index in [1.54, 1.807) is 0 Å². The van der Waals surface area contributed by atoms with Crippen LogP contribution in [0.1, 0.15) is 90.4 Å². The maximum atomic E-state index is 3.78. The first-order valence-corrected chi connectivity index (χ1v) is 8.51. The highest BCUT2D eigenvalue weighted by Crippen LogP contribution is 2.11. The van der Waals surface area contributed by atoms with Gasteiger partial charge in [0.25, 0.3) is 0 Å². The summed E-state index contributed by atoms with van der Waals surface area (Å²) in [6.07, 6.45) is 26.4. The number of unbranched alkanes of at least 4 members (excludes halogenated alkanes) is 10. The van der Waals surface area contributed by atoms with Gasteiger partial charge in [-0.25, -0.2) is 0 Å². The van der Waals surface area contributed by atoms with Crippen molar-refractivity contribution in [2.45, 2.75) is 90.4 Å². The average molecular weight is 263 g/mol. The summed E-state index contributed by atoms with van der Waals surface area (Å²) in [5, 5.41) is 0. The summed E-state index contributed by atoms with van der Waals surface area (Å²) in [6, 6.07) is 0. The van der Waals surface area contributed by atoms with Crippen molar-refractivity contribution >= 4 is 0 Å². The van der Waals surface area contributed by atoms with Crippen LogP contribution < -0.4 is 0 Å². The molecule has 19 heavy (non-hydrogen) atoms. The zero-order chi connectivity index (χ0) is 14.0. The van der Waals surface area contributed by atoms with Crippen LogP contribution in [0, 0.1) is 6.92 Å². The molecule has 0 rings (SSSR count). The summed E-state index contributed by atoms with van der Waals surface area (Å²) in [7, 11) is 0. The van der Waals surface area contributed by atoms with Gasteiger partial charge in [-0.3, -0.25) is 0 Å². The van der Waals surface area contributed by atoms with Gasteiger partial charge in [0.1, 0.15) is 0 Å². The fraction of sp³-hybridized carbons (Fsp3) is 0.737. The molecule has 0 aliphatic carbocycles. The summed E-state index contributed by atoms with van der Waals surface area (Å²) in [4.78, 5) is 0. The van der Waals surface area contributed by atoms with Crippen molar-refractivity contribution < 1.29 is 0 Å². The van der Waals surface area contributed by atoms with E-state index in [4.69, 9.17) is 0 Å². The first-order chi connectivity index (χ1) is 9.41. The fourth-order valence-electron chi connectivity index (χ4n) is 2.26. The molecular formula is C19H35. The van der Waals surface area contributed by atoms with E-state index in [-0.39, 0.29) is 0 Å². The van der Waals surface area contributed by atoms with Crippen molar-refractivity contribution in [3.05, 3.63) is 31.2 Å². The Labute approximate surface area is 122 Å². The second-order valence-corrected chi connectivity index (χ2v) is 5.44. The van der Waals surface area contributed by atoms with Crippen LogP contribution in [0.15, 0.2) is 24.3 Å². The Morgan fingerprint density at radius 1 is 0.632 bits per heavy atom. The zero-order valence-electron chi connectivity index (χ0n) is 13.2. The molecule has 111 valence electrons. The van der Waals surface area contributed by atoms with Crippen molar-refractivity contribution in [2.24, 2.45) is 0 Å². The second-order valence-electron chi connectivity index (χ2n) is 5.44. The van der Waals surface area contributed by atoms with Gasteiger partial charge in [0.15, 0.2) is 0 Å². The monoisotopic (exact) mass is 263 g/mol. The van der Waals surface area contributed by atoms with Crippen molar-refractivity contribution in [3.8, 4) is 0 Å². The Bertz CT molecular complexity index is 200. The van der Waals surface area contributed by atoms with Crippen LogP contribution in [-0.4, -0.2) is 0 Å². The van der Waals surface area contributed by atoms with Crippen LogP contribution in [0.25, 0.3) is 0 Å². The normalized spacial score (nSPS) is 11.9. The van der Waals surface area contributed by atoms with Gasteiger partial charge in [0.2, 0.25) is 0 Å². The maximum Gasteiger partial charge on any atom is -0.0169 e. The molecule has 0 saturated carbocycles. The lowest BCUT2D eigenvalue weighted by Crippen LogP contribution is -1.81.